The molecule has 150 valence electrons. The zero-order valence-electron chi connectivity index (χ0n) is 17.0. The van der Waals surface area contributed by atoms with Crippen LogP contribution in [0.2, 0.25) is 0 Å². The van der Waals surface area contributed by atoms with Crippen LogP contribution in [0.5, 0.6) is 5.75 Å². The summed E-state index contributed by atoms with van der Waals surface area (Å²) in [5.41, 5.74) is 4.98. The molecule has 0 aliphatic rings. The number of hydrogen-bond acceptors (Lipinski definition) is 3. The van der Waals surface area contributed by atoms with Gasteiger partial charge >= 0.3 is 0 Å². The molecule has 0 unspecified atom stereocenters. The third-order valence-electron chi connectivity index (χ3n) is 4.71. The highest BCUT2D eigenvalue weighted by molar-refractivity contribution is 6.01. The molecule has 0 saturated carbocycles. The number of para-hydroxylation sites is 2. The van der Waals surface area contributed by atoms with E-state index >= 15 is 0 Å². The Labute approximate surface area is 175 Å². The summed E-state index contributed by atoms with van der Waals surface area (Å²) >= 11 is 0. The van der Waals surface area contributed by atoms with Crippen LogP contribution in [0, 0.1) is 6.92 Å². The van der Waals surface area contributed by atoms with E-state index in [4.69, 9.17) is 4.74 Å². The van der Waals surface area contributed by atoms with Crippen molar-refractivity contribution < 1.29 is 9.53 Å². The highest BCUT2D eigenvalue weighted by Gasteiger charge is 2.13. The van der Waals surface area contributed by atoms with Gasteiger partial charge in [0.15, 0.2) is 5.82 Å². The number of H-pyrrole nitrogens is 1. The van der Waals surface area contributed by atoms with Crippen molar-refractivity contribution in [3.8, 4) is 5.75 Å². The van der Waals surface area contributed by atoms with Crippen molar-refractivity contribution in [3.63, 3.8) is 0 Å². The monoisotopic (exact) mass is 397 g/mol. The second-order valence-corrected chi connectivity index (χ2v) is 6.98. The Kier molecular flexibility index (Phi) is 5.61. The second kappa shape index (κ2) is 8.66. The predicted molar refractivity (Wildman–Crippen MR) is 120 cm³/mol. The number of aromatic nitrogens is 2. The van der Waals surface area contributed by atoms with Gasteiger partial charge < -0.3 is 15.0 Å². The number of hydrogen-bond donors (Lipinski definition) is 2. The maximum atomic E-state index is 12.9. The number of carbonyl (C=O) groups excluding carboxylic acids is 1. The van der Waals surface area contributed by atoms with Gasteiger partial charge in [0.25, 0.3) is 5.91 Å². The molecule has 5 nitrogen and oxygen atoms in total. The first-order valence-electron chi connectivity index (χ1n) is 9.90. The quantitative estimate of drug-likeness (QED) is 0.470. The van der Waals surface area contributed by atoms with Crippen LogP contribution in [0.3, 0.4) is 0 Å². The van der Waals surface area contributed by atoms with Crippen molar-refractivity contribution in [2.75, 3.05) is 6.61 Å². The Morgan fingerprint density at radius 2 is 1.77 bits per heavy atom. The van der Waals surface area contributed by atoms with Gasteiger partial charge in [0.05, 0.1) is 23.3 Å². The van der Waals surface area contributed by atoms with E-state index in [1.54, 1.807) is 0 Å². The number of nitrogens with one attached hydrogen (secondary N) is 2. The number of fused-ring (bicyclic) bond motifs is 1. The summed E-state index contributed by atoms with van der Waals surface area (Å²) in [6.45, 7) is 4.56. The minimum Gasteiger partial charge on any atom is -0.494 e. The van der Waals surface area contributed by atoms with E-state index in [0.29, 0.717) is 23.7 Å². The highest BCUT2D eigenvalue weighted by Crippen LogP contribution is 2.20. The third-order valence-corrected chi connectivity index (χ3v) is 4.71. The summed E-state index contributed by atoms with van der Waals surface area (Å²) in [4.78, 5) is 20.8. The Morgan fingerprint density at radius 3 is 2.47 bits per heavy atom. The van der Waals surface area contributed by atoms with Crippen LogP contribution in [0.15, 0.2) is 72.8 Å². The van der Waals surface area contributed by atoms with Crippen molar-refractivity contribution in [1.29, 1.82) is 0 Å². The van der Waals surface area contributed by atoms with E-state index in [-0.39, 0.29) is 5.91 Å². The van der Waals surface area contributed by atoms with Gasteiger partial charge in [-0.05, 0) is 61.9 Å². The predicted octanol–water partition coefficient (Wildman–Crippen LogP) is 5.20. The lowest BCUT2D eigenvalue weighted by molar-refractivity contribution is 0.0973. The van der Waals surface area contributed by atoms with Crippen LogP contribution >= 0.6 is 0 Å². The molecule has 0 spiro atoms. The summed E-state index contributed by atoms with van der Waals surface area (Å²) in [5.74, 6) is 1.22. The van der Waals surface area contributed by atoms with E-state index in [1.807, 2.05) is 92.7 Å². The first-order valence-corrected chi connectivity index (χ1v) is 9.90. The number of ether oxygens (including phenoxy) is 1. The molecule has 2 N–H and O–H groups in total. The molecule has 0 aliphatic heterocycles. The Balaban J connectivity index is 1.70. The molecule has 1 heterocycles. The number of nitrogens with zero attached hydrogens (tertiary/aromatic N) is 1. The number of aryl methyl sites for hydroxylation is 1. The number of amides is 1. The van der Waals surface area contributed by atoms with Crippen LogP contribution in [0.1, 0.15) is 34.2 Å². The van der Waals surface area contributed by atoms with Crippen LogP contribution in [-0.4, -0.2) is 22.5 Å². The van der Waals surface area contributed by atoms with Crippen molar-refractivity contribution in [2.45, 2.75) is 13.8 Å². The molecule has 1 aromatic heterocycles. The maximum Gasteiger partial charge on any atom is 0.255 e. The Morgan fingerprint density at radius 1 is 1.03 bits per heavy atom. The topological polar surface area (TPSA) is 67.0 Å². The second-order valence-electron chi connectivity index (χ2n) is 6.98. The van der Waals surface area contributed by atoms with Gasteiger partial charge in [-0.25, -0.2) is 4.98 Å². The fraction of sp³-hybridized carbons (Fsp3) is 0.120. The SMILES string of the molecule is CCOc1ccc(/C=C(/NC(=O)c2ccc(C)cc2)c2nc3ccccc3[nH]2)cc1. The fourth-order valence-electron chi connectivity index (χ4n) is 3.14. The van der Waals surface area contributed by atoms with Gasteiger partial charge in [-0.2, -0.15) is 0 Å². The molecule has 0 fully saturated rings. The molecule has 0 bridgehead atoms. The zero-order valence-corrected chi connectivity index (χ0v) is 17.0. The molecule has 5 heteroatoms. The number of imidazole rings is 1. The van der Waals surface area contributed by atoms with Crippen molar-refractivity contribution in [1.82, 2.24) is 15.3 Å². The average Bonchev–Trinajstić information content (AvgIpc) is 3.19. The molecule has 0 atom stereocenters. The largest absolute Gasteiger partial charge is 0.494 e. The lowest BCUT2D eigenvalue weighted by Gasteiger charge is -2.09. The smallest absolute Gasteiger partial charge is 0.255 e. The molecule has 0 aliphatic carbocycles. The number of rotatable bonds is 6. The van der Waals surface area contributed by atoms with Crippen LogP contribution < -0.4 is 10.1 Å². The van der Waals surface area contributed by atoms with Gasteiger partial charge in [0.2, 0.25) is 0 Å². The van der Waals surface area contributed by atoms with Gasteiger partial charge in [-0.1, -0.05) is 42.0 Å². The molecule has 4 rings (SSSR count). The third kappa shape index (κ3) is 4.41. The van der Waals surface area contributed by atoms with E-state index in [9.17, 15) is 4.79 Å². The van der Waals surface area contributed by atoms with Gasteiger partial charge in [0, 0.05) is 5.56 Å². The standard InChI is InChI=1S/C25H23N3O2/c1-3-30-20-14-10-18(11-15-20)16-23(24-26-21-6-4-5-7-22(21)27-24)28-25(29)19-12-8-17(2)9-13-19/h4-16H,3H2,1-2H3,(H,26,27)(H,28,29)/b23-16+. The summed E-state index contributed by atoms with van der Waals surface area (Å²) in [6, 6.07) is 23.0. The summed E-state index contributed by atoms with van der Waals surface area (Å²) in [7, 11) is 0. The molecule has 30 heavy (non-hydrogen) atoms. The van der Waals surface area contributed by atoms with Gasteiger partial charge in [0.1, 0.15) is 5.75 Å². The first-order chi connectivity index (χ1) is 14.6. The lowest BCUT2D eigenvalue weighted by Crippen LogP contribution is -2.22. The molecule has 1 amide bonds. The Hall–Kier alpha value is -3.86. The average molecular weight is 397 g/mol. The van der Waals surface area contributed by atoms with Crippen LogP contribution in [0.4, 0.5) is 0 Å². The van der Waals surface area contributed by atoms with Gasteiger partial charge in [-0.3, -0.25) is 4.79 Å². The first kappa shape index (κ1) is 19.5. The molecule has 0 saturated heterocycles. The van der Waals surface area contributed by atoms with E-state index in [1.165, 1.54) is 0 Å². The number of carbonyl (C=O) groups is 1. The van der Waals surface area contributed by atoms with Crippen LogP contribution in [0.25, 0.3) is 22.8 Å². The molecular weight excluding hydrogens is 374 g/mol. The lowest BCUT2D eigenvalue weighted by atomic mass is 10.1. The van der Waals surface area contributed by atoms with Gasteiger partial charge in [-0.15, -0.1) is 0 Å². The maximum absolute atomic E-state index is 12.9. The molecule has 0 radical (unpaired) electrons. The minimum absolute atomic E-state index is 0.187. The van der Waals surface area contributed by atoms with Crippen molar-refractivity contribution >= 4 is 28.7 Å². The van der Waals surface area contributed by atoms with Crippen LogP contribution in [-0.2, 0) is 0 Å². The number of benzene rings is 3. The highest BCUT2D eigenvalue weighted by atomic mass is 16.5. The molecule has 4 aromatic rings. The minimum atomic E-state index is -0.187. The molecular formula is C25H23N3O2. The zero-order chi connectivity index (χ0) is 20.9. The molecule has 3 aromatic carbocycles. The summed E-state index contributed by atoms with van der Waals surface area (Å²) in [5, 5.41) is 3.02. The number of aromatic amines is 1. The van der Waals surface area contributed by atoms with E-state index in [2.05, 4.69) is 15.3 Å². The summed E-state index contributed by atoms with van der Waals surface area (Å²) in [6.07, 6.45) is 1.90. The fourth-order valence-corrected chi connectivity index (χ4v) is 3.14. The van der Waals surface area contributed by atoms with Crippen molar-refractivity contribution in [2.24, 2.45) is 0 Å². The normalized spacial score (nSPS) is 11.5. The van der Waals surface area contributed by atoms with Crippen molar-refractivity contribution in [3.05, 3.63) is 95.3 Å². The Bertz CT molecular complexity index is 1160. The van der Waals surface area contributed by atoms with E-state index < -0.39 is 0 Å². The van der Waals surface area contributed by atoms with E-state index in [0.717, 1.165) is 27.9 Å². The summed E-state index contributed by atoms with van der Waals surface area (Å²) < 4.78 is 5.51.